The highest BCUT2D eigenvalue weighted by Gasteiger charge is 2.36. The maximum absolute atomic E-state index is 14.1. The molecule has 1 saturated heterocycles. The minimum atomic E-state index is -0.960. The van der Waals surface area contributed by atoms with E-state index in [0.717, 1.165) is 6.07 Å². The molecular formula is C28H32ClF2N3O4. The van der Waals surface area contributed by atoms with Gasteiger partial charge in [-0.2, -0.15) is 0 Å². The second-order valence-corrected chi connectivity index (χ2v) is 11.2. The number of amides is 3. The third kappa shape index (κ3) is 6.62. The number of nitrogens with zero attached hydrogens (tertiary/aromatic N) is 2. The van der Waals surface area contributed by atoms with Gasteiger partial charge in [-0.15, -0.1) is 0 Å². The van der Waals surface area contributed by atoms with Crippen LogP contribution >= 0.6 is 11.6 Å². The van der Waals surface area contributed by atoms with Crippen LogP contribution < -0.4 is 5.32 Å². The molecule has 1 fully saturated rings. The lowest BCUT2D eigenvalue weighted by Crippen LogP contribution is -2.52. The number of rotatable bonds is 5. The average Bonchev–Trinajstić information content (AvgIpc) is 3.24. The van der Waals surface area contributed by atoms with Gasteiger partial charge in [0, 0.05) is 55.1 Å². The van der Waals surface area contributed by atoms with Crippen LogP contribution in [0, 0.1) is 11.6 Å². The van der Waals surface area contributed by atoms with Crippen molar-refractivity contribution in [1.29, 1.82) is 0 Å². The van der Waals surface area contributed by atoms with Crippen molar-refractivity contribution in [3.63, 3.8) is 0 Å². The number of halogens is 3. The molecular weight excluding hydrogens is 516 g/mol. The molecule has 2 aromatic rings. The Morgan fingerprint density at radius 1 is 1.05 bits per heavy atom. The Hall–Kier alpha value is -3.20. The van der Waals surface area contributed by atoms with E-state index in [4.69, 9.17) is 16.3 Å². The van der Waals surface area contributed by atoms with E-state index in [2.05, 4.69) is 5.32 Å². The fourth-order valence-corrected chi connectivity index (χ4v) is 5.27. The van der Waals surface area contributed by atoms with Gasteiger partial charge in [-0.3, -0.25) is 9.59 Å². The van der Waals surface area contributed by atoms with Gasteiger partial charge in [0.05, 0.1) is 0 Å². The van der Waals surface area contributed by atoms with Crippen LogP contribution in [0.25, 0.3) is 0 Å². The van der Waals surface area contributed by atoms with Crippen LogP contribution in [0.5, 0.6) is 0 Å². The average molecular weight is 548 g/mol. The number of hydrogen-bond acceptors (Lipinski definition) is 4. The van der Waals surface area contributed by atoms with Gasteiger partial charge in [-0.25, -0.2) is 13.6 Å². The quantitative estimate of drug-likeness (QED) is 0.576. The Bertz CT molecular complexity index is 1230. The van der Waals surface area contributed by atoms with Crippen molar-refractivity contribution in [2.75, 3.05) is 26.2 Å². The number of fused-ring (bicyclic) bond motifs is 1. The molecule has 2 unspecified atom stereocenters. The summed E-state index contributed by atoms with van der Waals surface area (Å²) in [6.45, 7) is 6.60. The summed E-state index contributed by atoms with van der Waals surface area (Å²) in [6.07, 6.45) is 0.337. The smallest absolute Gasteiger partial charge is 0.407 e. The highest BCUT2D eigenvalue weighted by Crippen LogP contribution is 2.38. The number of alkyl carbamates (subject to hydrolysis) is 1. The van der Waals surface area contributed by atoms with Gasteiger partial charge in [0.15, 0.2) is 11.6 Å². The van der Waals surface area contributed by atoms with Crippen molar-refractivity contribution >= 4 is 29.5 Å². The van der Waals surface area contributed by atoms with E-state index < -0.39 is 29.4 Å². The van der Waals surface area contributed by atoms with Crippen LogP contribution in [0.4, 0.5) is 13.6 Å². The number of carbonyl (C=O) groups is 3. The zero-order valence-electron chi connectivity index (χ0n) is 21.7. The SMILES string of the molecule is CC(C)(C)OC(=O)NC(CC(=O)N1CCN(C(=O)c2cccc(Cl)c2)CC1)C1CCc2cc(F)c(F)cc21. The van der Waals surface area contributed by atoms with Crippen molar-refractivity contribution in [3.05, 3.63) is 69.7 Å². The maximum atomic E-state index is 14.1. The van der Waals surface area contributed by atoms with Gasteiger partial charge in [0.2, 0.25) is 5.91 Å². The minimum absolute atomic E-state index is 0.0371. The Kier molecular flexibility index (Phi) is 8.25. The summed E-state index contributed by atoms with van der Waals surface area (Å²) < 4.78 is 33.3. The van der Waals surface area contributed by atoms with Crippen molar-refractivity contribution in [1.82, 2.24) is 15.1 Å². The van der Waals surface area contributed by atoms with E-state index in [1.165, 1.54) is 6.07 Å². The minimum Gasteiger partial charge on any atom is -0.444 e. The summed E-state index contributed by atoms with van der Waals surface area (Å²) in [6, 6.07) is 8.41. The molecule has 2 aliphatic rings. The molecule has 38 heavy (non-hydrogen) atoms. The first-order chi connectivity index (χ1) is 17.9. The van der Waals surface area contributed by atoms with Crippen molar-refractivity contribution < 1.29 is 27.9 Å². The Balaban J connectivity index is 1.45. The van der Waals surface area contributed by atoms with E-state index in [-0.39, 0.29) is 24.2 Å². The van der Waals surface area contributed by atoms with Crippen molar-refractivity contribution in [2.24, 2.45) is 0 Å². The lowest BCUT2D eigenvalue weighted by atomic mass is 9.90. The third-order valence-corrected chi connectivity index (χ3v) is 7.11. The molecule has 2 aromatic carbocycles. The lowest BCUT2D eigenvalue weighted by Gasteiger charge is -2.36. The summed E-state index contributed by atoms with van der Waals surface area (Å²) in [5.41, 5.74) is 1.01. The molecule has 1 N–H and O–H groups in total. The first kappa shape index (κ1) is 27.8. The Morgan fingerprint density at radius 3 is 2.37 bits per heavy atom. The van der Waals surface area contributed by atoms with Gasteiger partial charge < -0.3 is 19.9 Å². The van der Waals surface area contributed by atoms with Crippen LogP contribution in [-0.4, -0.2) is 65.5 Å². The summed E-state index contributed by atoms with van der Waals surface area (Å²) in [7, 11) is 0. The Morgan fingerprint density at radius 2 is 1.71 bits per heavy atom. The number of nitrogens with one attached hydrogen (secondary N) is 1. The van der Waals surface area contributed by atoms with Crippen molar-refractivity contribution in [3.8, 4) is 0 Å². The summed E-state index contributed by atoms with van der Waals surface area (Å²) in [5.74, 6) is -2.60. The molecule has 1 heterocycles. The number of benzene rings is 2. The van der Waals surface area contributed by atoms with E-state index in [1.54, 1.807) is 54.8 Å². The second kappa shape index (κ2) is 11.3. The van der Waals surface area contributed by atoms with Crippen LogP contribution in [-0.2, 0) is 16.0 Å². The second-order valence-electron chi connectivity index (χ2n) is 10.8. The zero-order valence-corrected chi connectivity index (χ0v) is 22.5. The molecule has 0 spiro atoms. The number of aryl methyl sites for hydroxylation is 1. The van der Waals surface area contributed by atoms with E-state index in [9.17, 15) is 23.2 Å². The number of carbonyl (C=O) groups excluding carboxylic acids is 3. The van der Waals surface area contributed by atoms with Gasteiger partial charge in [-0.05, 0) is 75.1 Å². The fraction of sp³-hybridized carbons (Fsp3) is 0.464. The number of piperazine rings is 1. The molecule has 0 radical (unpaired) electrons. The van der Waals surface area contributed by atoms with Gasteiger partial charge in [0.1, 0.15) is 5.60 Å². The normalized spacial score (nSPS) is 18.1. The van der Waals surface area contributed by atoms with Crippen LogP contribution in [0.1, 0.15) is 61.0 Å². The fourth-order valence-electron chi connectivity index (χ4n) is 5.08. The van der Waals surface area contributed by atoms with Gasteiger partial charge in [-0.1, -0.05) is 17.7 Å². The lowest BCUT2D eigenvalue weighted by molar-refractivity contribution is -0.133. The van der Waals surface area contributed by atoms with Crippen molar-refractivity contribution in [2.45, 2.75) is 57.6 Å². The van der Waals surface area contributed by atoms with Gasteiger partial charge in [0.25, 0.3) is 5.91 Å². The van der Waals surface area contributed by atoms with Crippen LogP contribution in [0.15, 0.2) is 36.4 Å². The number of ether oxygens (including phenoxy) is 1. The molecule has 1 aliphatic carbocycles. The summed E-state index contributed by atoms with van der Waals surface area (Å²) in [4.78, 5) is 42.1. The molecule has 3 amide bonds. The standard InChI is InChI=1S/C28H32ClF2N3O4/c1-28(2,3)38-27(37)32-24(20-8-7-17-14-22(30)23(31)15-21(17)20)16-25(35)33-9-11-34(12-10-33)26(36)18-5-4-6-19(29)13-18/h4-6,13-15,20,24H,7-12,16H2,1-3H3,(H,32,37). The molecule has 0 saturated carbocycles. The molecule has 2 atom stereocenters. The molecule has 7 nitrogen and oxygen atoms in total. The molecule has 4 rings (SSSR count). The first-order valence-corrected chi connectivity index (χ1v) is 13.1. The monoisotopic (exact) mass is 547 g/mol. The molecule has 0 aromatic heterocycles. The number of hydrogen-bond donors (Lipinski definition) is 1. The maximum Gasteiger partial charge on any atom is 0.407 e. The topological polar surface area (TPSA) is 79.0 Å². The molecule has 1 aliphatic heterocycles. The molecule has 0 bridgehead atoms. The first-order valence-electron chi connectivity index (χ1n) is 12.7. The van der Waals surface area contributed by atoms with E-state index >= 15 is 0 Å². The van der Waals surface area contributed by atoms with Crippen LogP contribution in [0.3, 0.4) is 0 Å². The summed E-state index contributed by atoms with van der Waals surface area (Å²) in [5, 5.41) is 3.29. The highest BCUT2D eigenvalue weighted by atomic mass is 35.5. The molecule has 204 valence electrons. The van der Waals surface area contributed by atoms with E-state index in [1.807, 2.05) is 0 Å². The van der Waals surface area contributed by atoms with Gasteiger partial charge >= 0.3 is 6.09 Å². The van der Waals surface area contributed by atoms with E-state index in [0.29, 0.717) is 60.7 Å². The van der Waals surface area contributed by atoms with Crippen LogP contribution in [0.2, 0.25) is 5.02 Å². The molecule has 10 heteroatoms. The Labute approximate surface area is 226 Å². The predicted octanol–water partition coefficient (Wildman–Crippen LogP) is 4.92. The highest BCUT2D eigenvalue weighted by molar-refractivity contribution is 6.30. The zero-order chi connectivity index (χ0) is 27.6. The summed E-state index contributed by atoms with van der Waals surface area (Å²) >= 11 is 6.01. The predicted molar refractivity (Wildman–Crippen MR) is 139 cm³/mol. The third-order valence-electron chi connectivity index (χ3n) is 6.88. The largest absolute Gasteiger partial charge is 0.444 e.